The van der Waals surface area contributed by atoms with Crippen molar-refractivity contribution in [3.05, 3.63) is 49.4 Å². The predicted octanol–water partition coefficient (Wildman–Crippen LogP) is 3.42. The summed E-state index contributed by atoms with van der Waals surface area (Å²) >= 11 is 1.35. The van der Waals surface area contributed by atoms with Crippen molar-refractivity contribution in [3.8, 4) is 11.4 Å². The molecule has 146 valence electrons. The van der Waals surface area contributed by atoms with Gasteiger partial charge in [0.15, 0.2) is 11.0 Å². The highest BCUT2D eigenvalue weighted by atomic mass is 32.2. The topological polar surface area (TPSA) is 90.5 Å². The fourth-order valence-corrected chi connectivity index (χ4v) is 3.51. The maximum Gasteiger partial charge on any atom is 0.238 e. The van der Waals surface area contributed by atoms with Gasteiger partial charge in [0.2, 0.25) is 5.91 Å². The Morgan fingerprint density at radius 3 is 2.64 bits per heavy atom. The molecule has 3 aromatic heterocycles. The van der Waals surface area contributed by atoms with Gasteiger partial charge in [-0.05, 0) is 32.9 Å². The molecule has 1 N–H and O–H groups in total. The molecule has 0 bridgehead atoms. The van der Waals surface area contributed by atoms with E-state index in [1.165, 1.54) is 11.8 Å². The van der Waals surface area contributed by atoms with Crippen molar-refractivity contribution in [1.82, 2.24) is 29.5 Å². The molecular weight excluding hydrogens is 374 g/mol. The third-order valence-corrected chi connectivity index (χ3v) is 5.11. The Kier molecular flexibility index (Phi) is 6.25. The van der Waals surface area contributed by atoms with Crippen LogP contribution in [-0.4, -0.2) is 40.7 Å². The van der Waals surface area contributed by atoms with Crippen LogP contribution in [-0.2, 0) is 11.3 Å². The van der Waals surface area contributed by atoms with Gasteiger partial charge in [-0.25, -0.2) is 4.68 Å². The zero-order valence-corrected chi connectivity index (χ0v) is 16.9. The monoisotopic (exact) mass is 397 g/mol. The maximum atomic E-state index is 12.7. The second-order valence-corrected chi connectivity index (χ2v) is 7.75. The first kappa shape index (κ1) is 19.8. The van der Waals surface area contributed by atoms with Gasteiger partial charge in [0, 0.05) is 36.6 Å². The van der Waals surface area contributed by atoms with E-state index < -0.39 is 0 Å². The fraction of sp³-hybridized carbons (Fsp3) is 0.316. The van der Waals surface area contributed by atoms with Crippen LogP contribution in [0.2, 0.25) is 0 Å². The highest BCUT2D eigenvalue weighted by Gasteiger charge is 2.21. The van der Waals surface area contributed by atoms with Crippen LogP contribution in [0.25, 0.3) is 11.4 Å². The standard InChI is InChI=1S/C19H23N7OS/c1-5-12-25-17(15-6-9-20-10-7-15)23-24-19(25)28-14(4)18(27)22-16-8-11-21-26(16)13(2)3/h5-11,13-14H,1,12H2,2-4H3,(H,22,27)/t14-/m0/s1. The van der Waals surface area contributed by atoms with E-state index in [9.17, 15) is 4.79 Å². The van der Waals surface area contributed by atoms with Crippen molar-refractivity contribution < 1.29 is 4.79 Å². The van der Waals surface area contributed by atoms with Crippen molar-refractivity contribution in [2.24, 2.45) is 0 Å². The molecular formula is C19H23N7OS. The first-order chi connectivity index (χ1) is 13.5. The first-order valence-electron chi connectivity index (χ1n) is 8.96. The van der Waals surface area contributed by atoms with Crippen molar-refractivity contribution in [3.63, 3.8) is 0 Å². The number of carbonyl (C=O) groups excluding carboxylic acids is 1. The third-order valence-electron chi connectivity index (χ3n) is 4.03. The van der Waals surface area contributed by atoms with Gasteiger partial charge in [0.1, 0.15) is 5.82 Å². The fourth-order valence-electron chi connectivity index (χ4n) is 2.65. The lowest BCUT2D eigenvalue weighted by Gasteiger charge is -2.15. The van der Waals surface area contributed by atoms with Crippen LogP contribution < -0.4 is 5.32 Å². The van der Waals surface area contributed by atoms with Gasteiger partial charge in [0.05, 0.1) is 11.4 Å². The van der Waals surface area contributed by atoms with E-state index in [0.29, 0.717) is 17.5 Å². The van der Waals surface area contributed by atoms with Crippen LogP contribution in [0, 0.1) is 0 Å². The minimum Gasteiger partial charge on any atom is -0.310 e. The van der Waals surface area contributed by atoms with Crippen molar-refractivity contribution >= 4 is 23.5 Å². The number of amides is 1. The Labute approximate surface area is 168 Å². The van der Waals surface area contributed by atoms with Crippen LogP contribution in [0.5, 0.6) is 0 Å². The quantitative estimate of drug-likeness (QED) is 0.463. The normalized spacial score (nSPS) is 12.1. The summed E-state index contributed by atoms with van der Waals surface area (Å²) in [5.74, 6) is 1.28. The Balaban J connectivity index is 1.77. The number of nitrogens with one attached hydrogen (secondary N) is 1. The molecule has 28 heavy (non-hydrogen) atoms. The molecule has 0 fully saturated rings. The molecule has 0 unspecified atom stereocenters. The molecule has 1 amide bonds. The van der Waals surface area contributed by atoms with Gasteiger partial charge < -0.3 is 5.32 Å². The van der Waals surface area contributed by atoms with Crippen molar-refractivity contribution in [2.45, 2.75) is 43.8 Å². The average molecular weight is 398 g/mol. The molecule has 0 saturated carbocycles. The molecule has 0 aromatic carbocycles. The van der Waals surface area contributed by atoms with E-state index in [2.05, 4.69) is 32.2 Å². The molecule has 0 aliphatic rings. The maximum absolute atomic E-state index is 12.7. The summed E-state index contributed by atoms with van der Waals surface area (Å²) in [7, 11) is 0. The summed E-state index contributed by atoms with van der Waals surface area (Å²) < 4.78 is 3.71. The van der Waals surface area contributed by atoms with Gasteiger partial charge in [-0.15, -0.1) is 16.8 Å². The summed E-state index contributed by atoms with van der Waals surface area (Å²) in [5, 5.41) is 16.1. The number of anilines is 1. The molecule has 3 heterocycles. The number of carbonyl (C=O) groups is 1. The molecule has 0 spiro atoms. The number of allylic oxidation sites excluding steroid dienone is 1. The molecule has 0 aliphatic heterocycles. The van der Waals surface area contributed by atoms with Crippen LogP contribution in [0.15, 0.2) is 54.6 Å². The van der Waals surface area contributed by atoms with E-state index in [4.69, 9.17) is 0 Å². The number of hydrogen-bond donors (Lipinski definition) is 1. The lowest BCUT2D eigenvalue weighted by atomic mass is 10.2. The summed E-state index contributed by atoms with van der Waals surface area (Å²) in [4.78, 5) is 16.7. The zero-order chi connectivity index (χ0) is 20.1. The minimum absolute atomic E-state index is 0.119. The lowest BCUT2D eigenvalue weighted by molar-refractivity contribution is -0.115. The Hall–Kier alpha value is -2.94. The summed E-state index contributed by atoms with van der Waals surface area (Å²) in [6.07, 6.45) is 6.88. The van der Waals surface area contributed by atoms with Crippen LogP contribution in [0.1, 0.15) is 26.8 Å². The number of nitrogens with zero attached hydrogens (tertiary/aromatic N) is 6. The molecule has 0 radical (unpaired) electrons. The highest BCUT2D eigenvalue weighted by molar-refractivity contribution is 8.00. The minimum atomic E-state index is -0.367. The number of pyridine rings is 1. The number of thioether (sulfide) groups is 1. The Bertz CT molecular complexity index is 948. The molecule has 1 atom stereocenters. The first-order valence-corrected chi connectivity index (χ1v) is 9.84. The van der Waals surface area contributed by atoms with Gasteiger partial charge in [-0.3, -0.25) is 14.3 Å². The predicted molar refractivity (Wildman–Crippen MR) is 110 cm³/mol. The number of rotatable bonds is 8. The van der Waals surface area contributed by atoms with Gasteiger partial charge in [-0.1, -0.05) is 17.8 Å². The third kappa shape index (κ3) is 4.30. The van der Waals surface area contributed by atoms with Crippen molar-refractivity contribution in [2.75, 3.05) is 5.32 Å². The summed E-state index contributed by atoms with van der Waals surface area (Å²) in [6, 6.07) is 5.70. The zero-order valence-electron chi connectivity index (χ0n) is 16.1. The Morgan fingerprint density at radius 1 is 1.21 bits per heavy atom. The smallest absolute Gasteiger partial charge is 0.238 e. The molecule has 3 rings (SSSR count). The van der Waals surface area contributed by atoms with Crippen LogP contribution in [0.3, 0.4) is 0 Å². The molecule has 3 aromatic rings. The van der Waals surface area contributed by atoms with E-state index in [-0.39, 0.29) is 17.2 Å². The second-order valence-electron chi connectivity index (χ2n) is 6.45. The summed E-state index contributed by atoms with van der Waals surface area (Å²) in [6.45, 7) is 10.2. The number of aromatic nitrogens is 6. The van der Waals surface area contributed by atoms with Crippen molar-refractivity contribution in [1.29, 1.82) is 0 Å². The van der Waals surface area contributed by atoms with E-state index >= 15 is 0 Å². The molecule has 8 nitrogen and oxygen atoms in total. The van der Waals surface area contributed by atoms with E-state index in [1.807, 2.05) is 37.5 Å². The van der Waals surface area contributed by atoms with Crippen LogP contribution in [0.4, 0.5) is 5.82 Å². The van der Waals surface area contributed by atoms with Crippen LogP contribution >= 0.6 is 11.8 Å². The average Bonchev–Trinajstić information content (AvgIpc) is 3.30. The van der Waals surface area contributed by atoms with E-state index in [1.54, 1.807) is 35.4 Å². The molecule has 0 aliphatic carbocycles. The van der Waals surface area contributed by atoms with E-state index in [0.717, 1.165) is 11.4 Å². The summed E-state index contributed by atoms with van der Waals surface area (Å²) in [5.41, 5.74) is 0.911. The van der Waals surface area contributed by atoms with Gasteiger partial charge >= 0.3 is 0 Å². The number of hydrogen-bond acceptors (Lipinski definition) is 6. The molecule has 9 heteroatoms. The van der Waals surface area contributed by atoms with Gasteiger partial charge in [0.25, 0.3) is 0 Å². The lowest BCUT2D eigenvalue weighted by Crippen LogP contribution is -2.25. The Morgan fingerprint density at radius 2 is 1.96 bits per heavy atom. The second kappa shape index (κ2) is 8.83. The van der Waals surface area contributed by atoms with Gasteiger partial charge in [-0.2, -0.15) is 5.10 Å². The largest absolute Gasteiger partial charge is 0.310 e. The highest BCUT2D eigenvalue weighted by Crippen LogP contribution is 2.27. The SMILES string of the molecule is C=CCn1c(S[C@@H](C)C(=O)Nc2ccnn2C(C)C)nnc1-c1ccncc1. The molecule has 0 saturated heterocycles.